The molecule has 1 aliphatic heterocycles. The van der Waals surface area contributed by atoms with Crippen molar-refractivity contribution in [3.63, 3.8) is 0 Å². The fraction of sp³-hybridized carbons (Fsp3) is 0.333. The number of hydrogen-bond acceptors (Lipinski definition) is 7. The van der Waals surface area contributed by atoms with Crippen molar-refractivity contribution >= 4 is 17.5 Å². The minimum Gasteiger partial charge on any atom is -0.497 e. The number of nitrogens with one attached hydrogen (secondary N) is 1. The molecule has 2 aromatic carbocycles. The molecule has 1 aromatic heterocycles. The SMILES string of the molecule is COc1ccc(C(=O)N2CCCC(c3nc(-c4ccc(NC(C)=O)cc4)no3)C2)c(OC)c1. The van der Waals surface area contributed by atoms with E-state index in [4.69, 9.17) is 14.0 Å². The van der Waals surface area contributed by atoms with Gasteiger partial charge in [0.05, 0.1) is 25.7 Å². The summed E-state index contributed by atoms with van der Waals surface area (Å²) in [6, 6.07) is 12.4. The molecule has 3 aromatic rings. The molecule has 9 nitrogen and oxygen atoms in total. The molecular formula is C24H26N4O5. The predicted octanol–water partition coefficient (Wildman–Crippen LogP) is 3.73. The highest BCUT2D eigenvalue weighted by Gasteiger charge is 2.30. The van der Waals surface area contributed by atoms with Crippen LogP contribution >= 0.6 is 0 Å². The topological polar surface area (TPSA) is 107 Å². The Hall–Kier alpha value is -3.88. The molecule has 0 aliphatic carbocycles. The predicted molar refractivity (Wildman–Crippen MR) is 121 cm³/mol. The zero-order chi connectivity index (χ0) is 23.4. The molecule has 1 atom stereocenters. The lowest BCUT2D eigenvalue weighted by Gasteiger charge is -2.31. The van der Waals surface area contributed by atoms with Crippen molar-refractivity contribution in [3.05, 3.63) is 53.9 Å². The van der Waals surface area contributed by atoms with E-state index >= 15 is 0 Å². The van der Waals surface area contributed by atoms with Crippen molar-refractivity contribution in [2.45, 2.75) is 25.7 Å². The molecule has 2 amide bonds. The van der Waals surface area contributed by atoms with Gasteiger partial charge in [-0.25, -0.2) is 0 Å². The quantitative estimate of drug-likeness (QED) is 0.610. The van der Waals surface area contributed by atoms with Crippen molar-refractivity contribution in [2.24, 2.45) is 0 Å². The summed E-state index contributed by atoms with van der Waals surface area (Å²) < 4.78 is 16.2. The number of piperidine rings is 1. The largest absolute Gasteiger partial charge is 0.497 e. The Morgan fingerprint density at radius 1 is 1.12 bits per heavy atom. The molecule has 2 heterocycles. The lowest BCUT2D eigenvalue weighted by Crippen LogP contribution is -2.39. The first-order valence-electron chi connectivity index (χ1n) is 10.7. The number of likely N-dealkylation sites (tertiary alicyclic amines) is 1. The number of aromatic nitrogens is 2. The smallest absolute Gasteiger partial charge is 0.257 e. The molecule has 0 radical (unpaired) electrons. The standard InChI is InChI=1S/C24H26N4O5/c1-15(29)25-18-8-6-16(7-9-18)22-26-23(33-27-22)17-5-4-12-28(14-17)24(30)20-11-10-19(31-2)13-21(20)32-3/h6-11,13,17H,4-5,12,14H2,1-3H3,(H,25,29). The van der Waals surface area contributed by atoms with Gasteiger partial charge in [-0.2, -0.15) is 4.98 Å². The molecular weight excluding hydrogens is 424 g/mol. The van der Waals surface area contributed by atoms with Crippen LogP contribution in [0, 0.1) is 0 Å². The van der Waals surface area contributed by atoms with E-state index in [0.717, 1.165) is 18.4 Å². The molecule has 33 heavy (non-hydrogen) atoms. The summed E-state index contributed by atoms with van der Waals surface area (Å²) >= 11 is 0. The number of carbonyl (C=O) groups excluding carboxylic acids is 2. The lowest BCUT2D eigenvalue weighted by molar-refractivity contribution is -0.114. The van der Waals surface area contributed by atoms with Crippen LogP contribution in [-0.2, 0) is 4.79 Å². The van der Waals surface area contributed by atoms with Crippen molar-refractivity contribution < 1.29 is 23.6 Å². The summed E-state index contributed by atoms with van der Waals surface area (Å²) in [7, 11) is 3.11. The molecule has 4 rings (SSSR count). The fourth-order valence-corrected chi connectivity index (χ4v) is 3.93. The van der Waals surface area contributed by atoms with Gasteiger partial charge < -0.3 is 24.2 Å². The third-order valence-corrected chi connectivity index (χ3v) is 5.60. The average molecular weight is 450 g/mol. The Morgan fingerprint density at radius 2 is 1.91 bits per heavy atom. The normalized spacial score (nSPS) is 15.7. The Labute approximate surface area is 191 Å². The molecule has 1 saturated heterocycles. The van der Waals surface area contributed by atoms with Crippen LogP contribution in [0.5, 0.6) is 11.5 Å². The Morgan fingerprint density at radius 3 is 2.61 bits per heavy atom. The maximum atomic E-state index is 13.2. The van der Waals surface area contributed by atoms with Gasteiger partial charge in [-0.1, -0.05) is 5.16 Å². The minimum absolute atomic E-state index is 0.0492. The Bertz CT molecular complexity index is 1140. The molecule has 1 unspecified atom stereocenters. The molecule has 172 valence electrons. The first-order chi connectivity index (χ1) is 16.0. The molecule has 9 heteroatoms. The Balaban J connectivity index is 1.48. The van der Waals surface area contributed by atoms with Gasteiger partial charge in [0.25, 0.3) is 5.91 Å². The highest BCUT2D eigenvalue weighted by molar-refractivity contribution is 5.97. The number of rotatable bonds is 6. The van der Waals surface area contributed by atoms with Crippen LogP contribution in [0.1, 0.15) is 41.9 Å². The number of ether oxygens (including phenoxy) is 2. The van der Waals surface area contributed by atoms with E-state index in [2.05, 4.69) is 15.5 Å². The van der Waals surface area contributed by atoms with Gasteiger partial charge in [-0.3, -0.25) is 9.59 Å². The van der Waals surface area contributed by atoms with Gasteiger partial charge in [0.2, 0.25) is 17.6 Å². The fourth-order valence-electron chi connectivity index (χ4n) is 3.93. The third-order valence-electron chi connectivity index (χ3n) is 5.60. The number of hydrogen-bond donors (Lipinski definition) is 1. The number of benzene rings is 2. The van der Waals surface area contributed by atoms with E-state index in [-0.39, 0.29) is 17.7 Å². The summed E-state index contributed by atoms with van der Waals surface area (Å²) in [6.45, 7) is 2.59. The molecule has 1 fully saturated rings. The maximum absolute atomic E-state index is 13.2. The van der Waals surface area contributed by atoms with Gasteiger partial charge in [0.1, 0.15) is 11.5 Å². The first-order valence-corrected chi connectivity index (χ1v) is 10.7. The van der Waals surface area contributed by atoms with Gasteiger partial charge in [0.15, 0.2) is 0 Å². The lowest BCUT2D eigenvalue weighted by atomic mass is 9.97. The summed E-state index contributed by atoms with van der Waals surface area (Å²) in [4.78, 5) is 30.8. The number of amides is 2. The van der Waals surface area contributed by atoms with Gasteiger partial charge >= 0.3 is 0 Å². The zero-order valence-electron chi connectivity index (χ0n) is 18.8. The highest BCUT2D eigenvalue weighted by Crippen LogP contribution is 2.31. The summed E-state index contributed by atoms with van der Waals surface area (Å²) in [5.41, 5.74) is 1.97. The van der Waals surface area contributed by atoms with E-state index in [9.17, 15) is 9.59 Å². The van der Waals surface area contributed by atoms with E-state index in [0.29, 0.717) is 47.6 Å². The van der Waals surface area contributed by atoms with Gasteiger partial charge in [-0.15, -0.1) is 0 Å². The van der Waals surface area contributed by atoms with Crippen LogP contribution in [0.4, 0.5) is 5.69 Å². The van der Waals surface area contributed by atoms with Crippen molar-refractivity contribution in [2.75, 3.05) is 32.6 Å². The second-order valence-electron chi connectivity index (χ2n) is 7.87. The summed E-state index contributed by atoms with van der Waals surface area (Å²) in [6.07, 6.45) is 1.69. The number of nitrogens with zero attached hydrogens (tertiary/aromatic N) is 3. The molecule has 0 saturated carbocycles. The zero-order valence-corrected chi connectivity index (χ0v) is 18.8. The van der Waals surface area contributed by atoms with E-state index < -0.39 is 0 Å². The first kappa shape index (κ1) is 22.3. The number of methoxy groups -OCH3 is 2. The van der Waals surface area contributed by atoms with Crippen LogP contribution < -0.4 is 14.8 Å². The molecule has 0 bridgehead atoms. The third kappa shape index (κ3) is 4.97. The van der Waals surface area contributed by atoms with Crippen LogP contribution in [0.3, 0.4) is 0 Å². The van der Waals surface area contributed by atoms with E-state index in [1.165, 1.54) is 14.0 Å². The second kappa shape index (κ2) is 9.72. The number of carbonyl (C=O) groups is 2. The maximum Gasteiger partial charge on any atom is 0.257 e. The van der Waals surface area contributed by atoms with Crippen LogP contribution in [-0.4, -0.2) is 54.2 Å². The van der Waals surface area contributed by atoms with Gasteiger partial charge in [-0.05, 0) is 49.2 Å². The number of anilines is 1. The second-order valence-corrected chi connectivity index (χ2v) is 7.87. The van der Waals surface area contributed by atoms with Crippen LogP contribution in [0.2, 0.25) is 0 Å². The molecule has 1 aliphatic rings. The monoisotopic (exact) mass is 450 g/mol. The van der Waals surface area contributed by atoms with Crippen molar-refractivity contribution in [1.82, 2.24) is 15.0 Å². The van der Waals surface area contributed by atoms with E-state index in [1.807, 2.05) is 12.1 Å². The van der Waals surface area contributed by atoms with Crippen LogP contribution in [0.25, 0.3) is 11.4 Å². The Kier molecular flexibility index (Phi) is 6.58. The van der Waals surface area contributed by atoms with Gasteiger partial charge in [0, 0.05) is 37.3 Å². The minimum atomic E-state index is -0.131. The van der Waals surface area contributed by atoms with Crippen molar-refractivity contribution in [1.29, 1.82) is 0 Å². The van der Waals surface area contributed by atoms with E-state index in [1.54, 1.807) is 42.3 Å². The summed E-state index contributed by atoms with van der Waals surface area (Å²) in [5.74, 6) is 1.80. The molecule has 0 spiro atoms. The average Bonchev–Trinajstić information content (AvgIpc) is 3.34. The van der Waals surface area contributed by atoms with Crippen LogP contribution in [0.15, 0.2) is 47.0 Å². The summed E-state index contributed by atoms with van der Waals surface area (Å²) in [5, 5.41) is 6.84. The van der Waals surface area contributed by atoms with Crippen molar-refractivity contribution in [3.8, 4) is 22.9 Å². The molecule has 1 N–H and O–H groups in total. The highest BCUT2D eigenvalue weighted by atomic mass is 16.5.